The van der Waals surface area contributed by atoms with Gasteiger partial charge in [0, 0.05) is 17.6 Å². The topological polar surface area (TPSA) is 41.1 Å². The summed E-state index contributed by atoms with van der Waals surface area (Å²) < 4.78 is 0. The summed E-state index contributed by atoms with van der Waals surface area (Å²) in [6.45, 7) is 5.23. The maximum absolute atomic E-state index is 11.5. The minimum atomic E-state index is 0.0456. The second-order valence-corrected chi connectivity index (χ2v) is 4.79. The van der Waals surface area contributed by atoms with E-state index in [1.165, 1.54) is 0 Å². The standard InChI is InChI=1S/C14H21ClN2O/c1-3-4-9-16-14(18)10-17-11(2)12-5-7-13(15)8-6-12/h5-8,11,17H,3-4,9-10H2,1-2H3,(H,16,18)/t11-/m1/s1. The fourth-order valence-corrected chi connectivity index (χ4v) is 1.71. The van der Waals surface area contributed by atoms with Gasteiger partial charge in [-0.25, -0.2) is 0 Å². The fourth-order valence-electron chi connectivity index (χ4n) is 1.58. The van der Waals surface area contributed by atoms with Gasteiger partial charge in [0.15, 0.2) is 0 Å². The molecule has 4 heteroatoms. The number of hydrogen-bond acceptors (Lipinski definition) is 2. The molecule has 0 radical (unpaired) electrons. The summed E-state index contributed by atoms with van der Waals surface area (Å²) in [7, 11) is 0. The number of rotatable bonds is 7. The van der Waals surface area contributed by atoms with Crippen LogP contribution in [0, 0.1) is 0 Å². The predicted octanol–water partition coefficient (Wildman–Crippen LogP) is 2.91. The molecule has 0 aliphatic carbocycles. The van der Waals surface area contributed by atoms with Gasteiger partial charge in [0.1, 0.15) is 0 Å². The van der Waals surface area contributed by atoms with Crippen molar-refractivity contribution < 1.29 is 4.79 Å². The molecular formula is C14H21ClN2O. The molecule has 1 amide bonds. The molecule has 0 heterocycles. The Hall–Kier alpha value is -1.06. The number of benzene rings is 1. The van der Waals surface area contributed by atoms with Crippen LogP contribution in [0.3, 0.4) is 0 Å². The maximum atomic E-state index is 11.5. The largest absolute Gasteiger partial charge is 0.355 e. The summed E-state index contributed by atoms with van der Waals surface area (Å²) in [5, 5.41) is 6.79. The van der Waals surface area contributed by atoms with Crippen LogP contribution in [-0.2, 0) is 4.79 Å². The third-order valence-corrected chi connectivity index (χ3v) is 3.04. The molecule has 1 atom stereocenters. The average molecular weight is 269 g/mol. The summed E-state index contributed by atoms with van der Waals surface area (Å²) in [6, 6.07) is 7.79. The third kappa shape index (κ3) is 5.52. The van der Waals surface area contributed by atoms with Crippen LogP contribution in [0.4, 0.5) is 0 Å². The second kappa shape index (κ2) is 8.11. The zero-order chi connectivity index (χ0) is 13.4. The van der Waals surface area contributed by atoms with E-state index in [0.29, 0.717) is 6.54 Å². The summed E-state index contributed by atoms with van der Waals surface area (Å²) in [4.78, 5) is 11.5. The first-order valence-electron chi connectivity index (χ1n) is 6.39. The van der Waals surface area contributed by atoms with Crippen LogP contribution >= 0.6 is 11.6 Å². The van der Waals surface area contributed by atoms with Crippen LogP contribution in [0.5, 0.6) is 0 Å². The van der Waals surface area contributed by atoms with Gasteiger partial charge in [-0.2, -0.15) is 0 Å². The normalized spacial score (nSPS) is 12.2. The lowest BCUT2D eigenvalue weighted by molar-refractivity contribution is -0.120. The third-order valence-electron chi connectivity index (χ3n) is 2.79. The van der Waals surface area contributed by atoms with Crippen molar-refractivity contribution in [3.8, 4) is 0 Å². The number of unbranched alkanes of at least 4 members (excludes halogenated alkanes) is 1. The molecule has 0 spiro atoms. The number of hydrogen-bond donors (Lipinski definition) is 2. The van der Waals surface area contributed by atoms with Crippen LogP contribution in [0.1, 0.15) is 38.3 Å². The lowest BCUT2D eigenvalue weighted by Gasteiger charge is -2.14. The molecule has 0 saturated heterocycles. The van der Waals surface area contributed by atoms with Crippen molar-refractivity contribution in [3.63, 3.8) is 0 Å². The Balaban J connectivity index is 2.30. The van der Waals surface area contributed by atoms with Crippen LogP contribution in [0.15, 0.2) is 24.3 Å². The highest BCUT2D eigenvalue weighted by Crippen LogP contribution is 2.15. The lowest BCUT2D eigenvalue weighted by atomic mass is 10.1. The molecule has 0 bridgehead atoms. The molecule has 1 aromatic rings. The van der Waals surface area contributed by atoms with Gasteiger partial charge in [0.05, 0.1) is 6.54 Å². The molecule has 3 nitrogen and oxygen atoms in total. The van der Waals surface area contributed by atoms with E-state index in [0.717, 1.165) is 30.0 Å². The number of carbonyl (C=O) groups excluding carboxylic acids is 1. The molecule has 1 aromatic carbocycles. The Kier molecular flexibility index (Phi) is 6.76. The van der Waals surface area contributed by atoms with Gasteiger partial charge in [-0.3, -0.25) is 4.79 Å². The summed E-state index contributed by atoms with van der Waals surface area (Å²) in [5.41, 5.74) is 1.13. The quantitative estimate of drug-likeness (QED) is 0.747. The minimum absolute atomic E-state index is 0.0456. The van der Waals surface area contributed by atoms with E-state index in [1.807, 2.05) is 31.2 Å². The van der Waals surface area contributed by atoms with Crippen molar-refractivity contribution in [3.05, 3.63) is 34.9 Å². The van der Waals surface area contributed by atoms with Crippen LogP contribution < -0.4 is 10.6 Å². The highest BCUT2D eigenvalue weighted by atomic mass is 35.5. The highest BCUT2D eigenvalue weighted by molar-refractivity contribution is 6.30. The van der Waals surface area contributed by atoms with Gasteiger partial charge in [0.2, 0.25) is 5.91 Å². The second-order valence-electron chi connectivity index (χ2n) is 4.36. The molecule has 2 N–H and O–H groups in total. The zero-order valence-corrected chi connectivity index (χ0v) is 11.8. The molecule has 0 fully saturated rings. The van der Waals surface area contributed by atoms with Crippen LogP contribution in [-0.4, -0.2) is 19.0 Å². The van der Waals surface area contributed by atoms with Gasteiger partial charge in [-0.1, -0.05) is 37.1 Å². The van der Waals surface area contributed by atoms with Crippen LogP contribution in [0.2, 0.25) is 5.02 Å². The average Bonchev–Trinajstić information content (AvgIpc) is 2.37. The van der Waals surface area contributed by atoms with Crippen molar-refractivity contribution >= 4 is 17.5 Å². The highest BCUT2D eigenvalue weighted by Gasteiger charge is 2.07. The molecular weight excluding hydrogens is 248 g/mol. The Morgan fingerprint density at radius 2 is 2.00 bits per heavy atom. The van der Waals surface area contributed by atoms with Crippen molar-refractivity contribution in [1.29, 1.82) is 0 Å². The van der Waals surface area contributed by atoms with Gasteiger partial charge >= 0.3 is 0 Å². The lowest BCUT2D eigenvalue weighted by Crippen LogP contribution is -2.35. The first kappa shape index (κ1) is 15.0. The van der Waals surface area contributed by atoms with E-state index >= 15 is 0 Å². The fraction of sp³-hybridized carbons (Fsp3) is 0.500. The number of nitrogens with one attached hydrogen (secondary N) is 2. The molecule has 1 rings (SSSR count). The van der Waals surface area contributed by atoms with E-state index < -0.39 is 0 Å². The van der Waals surface area contributed by atoms with E-state index in [-0.39, 0.29) is 11.9 Å². The van der Waals surface area contributed by atoms with E-state index in [1.54, 1.807) is 0 Å². The first-order valence-corrected chi connectivity index (χ1v) is 6.76. The molecule has 100 valence electrons. The Morgan fingerprint density at radius 3 is 2.61 bits per heavy atom. The smallest absolute Gasteiger partial charge is 0.233 e. The Labute approximate surface area is 114 Å². The molecule has 0 saturated carbocycles. The molecule has 0 aliphatic heterocycles. The van der Waals surface area contributed by atoms with Crippen LogP contribution in [0.25, 0.3) is 0 Å². The zero-order valence-electron chi connectivity index (χ0n) is 11.0. The number of carbonyl (C=O) groups is 1. The van der Waals surface area contributed by atoms with Crippen molar-refractivity contribution in [1.82, 2.24) is 10.6 Å². The van der Waals surface area contributed by atoms with E-state index in [4.69, 9.17) is 11.6 Å². The number of amides is 1. The van der Waals surface area contributed by atoms with Crippen molar-refractivity contribution in [2.24, 2.45) is 0 Å². The molecule has 0 unspecified atom stereocenters. The molecule has 0 aliphatic rings. The van der Waals surface area contributed by atoms with Gasteiger partial charge in [-0.05, 0) is 31.0 Å². The number of halogens is 1. The summed E-state index contributed by atoms with van der Waals surface area (Å²) in [6.07, 6.45) is 2.12. The Bertz CT molecular complexity index is 365. The first-order chi connectivity index (χ1) is 8.63. The monoisotopic (exact) mass is 268 g/mol. The minimum Gasteiger partial charge on any atom is -0.355 e. The van der Waals surface area contributed by atoms with E-state index in [2.05, 4.69) is 17.6 Å². The van der Waals surface area contributed by atoms with Gasteiger partial charge < -0.3 is 10.6 Å². The maximum Gasteiger partial charge on any atom is 0.233 e. The van der Waals surface area contributed by atoms with Crippen molar-refractivity contribution in [2.75, 3.05) is 13.1 Å². The summed E-state index contributed by atoms with van der Waals surface area (Å²) in [5.74, 6) is 0.0456. The van der Waals surface area contributed by atoms with E-state index in [9.17, 15) is 4.79 Å². The SMILES string of the molecule is CCCCNC(=O)CN[C@H](C)c1ccc(Cl)cc1. The predicted molar refractivity (Wildman–Crippen MR) is 75.8 cm³/mol. The van der Waals surface area contributed by atoms with Crippen molar-refractivity contribution in [2.45, 2.75) is 32.7 Å². The summed E-state index contributed by atoms with van der Waals surface area (Å²) >= 11 is 5.83. The molecule has 18 heavy (non-hydrogen) atoms. The van der Waals surface area contributed by atoms with Gasteiger partial charge in [0.25, 0.3) is 0 Å². The van der Waals surface area contributed by atoms with Gasteiger partial charge in [-0.15, -0.1) is 0 Å². The molecule has 0 aromatic heterocycles. The Morgan fingerprint density at radius 1 is 1.33 bits per heavy atom.